The molecule has 1 heterocycles. The van der Waals surface area contributed by atoms with Crippen LogP contribution in [0.4, 0.5) is 4.39 Å². The Labute approximate surface area is 169 Å². The Morgan fingerprint density at radius 1 is 1.12 bits per heavy atom. The second kappa shape index (κ2) is 8.35. The molecule has 1 aliphatic heterocycles. The van der Waals surface area contributed by atoms with Crippen LogP contribution in [0.3, 0.4) is 0 Å². The molecule has 0 radical (unpaired) electrons. The summed E-state index contributed by atoms with van der Waals surface area (Å²) in [5.74, 6) is -0.610. The summed E-state index contributed by atoms with van der Waals surface area (Å²) in [5, 5.41) is 3.56. The molecule has 0 spiro atoms. The molecule has 1 aliphatic rings. The minimum absolute atomic E-state index is 0.000827. The van der Waals surface area contributed by atoms with Gasteiger partial charge in [-0.2, -0.15) is 0 Å². The van der Waals surface area contributed by atoms with Crippen LogP contribution in [0.15, 0.2) is 42.5 Å². The summed E-state index contributed by atoms with van der Waals surface area (Å²) in [5.41, 5.74) is 1.07. The van der Waals surface area contributed by atoms with E-state index >= 15 is 0 Å². The van der Waals surface area contributed by atoms with Crippen molar-refractivity contribution in [2.75, 3.05) is 13.1 Å². The van der Waals surface area contributed by atoms with E-state index in [1.165, 1.54) is 24.3 Å². The molecular formula is C19H17ClFIN2O2. The smallest absolute Gasteiger partial charge is 0.254 e. The summed E-state index contributed by atoms with van der Waals surface area (Å²) in [6.45, 7) is 1.15. The Balaban J connectivity index is 1.56. The van der Waals surface area contributed by atoms with Crippen molar-refractivity contribution >= 4 is 46.0 Å². The maximum absolute atomic E-state index is 12.9. The number of likely N-dealkylation sites (tertiary alicyclic amines) is 1. The van der Waals surface area contributed by atoms with Gasteiger partial charge in [0.15, 0.2) is 0 Å². The van der Waals surface area contributed by atoms with Crippen molar-refractivity contribution in [2.45, 2.75) is 18.9 Å². The lowest BCUT2D eigenvalue weighted by molar-refractivity contribution is 0.0697. The van der Waals surface area contributed by atoms with Crippen LogP contribution in [0.25, 0.3) is 0 Å². The molecule has 2 aromatic rings. The first-order valence-electron chi connectivity index (χ1n) is 8.25. The lowest BCUT2D eigenvalue weighted by Gasteiger charge is -2.32. The molecule has 0 saturated carbocycles. The molecule has 1 N–H and O–H groups in total. The summed E-state index contributed by atoms with van der Waals surface area (Å²) >= 11 is 8.05. The predicted molar refractivity (Wildman–Crippen MR) is 107 cm³/mol. The van der Waals surface area contributed by atoms with Gasteiger partial charge < -0.3 is 10.2 Å². The van der Waals surface area contributed by atoms with Gasteiger partial charge in [-0.05, 0) is 77.9 Å². The molecular weight excluding hydrogens is 470 g/mol. The Morgan fingerprint density at radius 3 is 2.38 bits per heavy atom. The number of benzene rings is 2. The van der Waals surface area contributed by atoms with E-state index in [1.807, 2.05) is 0 Å². The van der Waals surface area contributed by atoms with Gasteiger partial charge in [-0.15, -0.1) is 0 Å². The fraction of sp³-hybridized carbons (Fsp3) is 0.263. The van der Waals surface area contributed by atoms with Crippen molar-refractivity contribution in [3.63, 3.8) is 0 Å². The SMILES string of the molecule is O=C(NC1CCN(C(=O)c2ccc(Cl)cc2I)CC1)c1ccc(F)cc1. The zero-order valence-electron chi connectivity index (χ0n) is 13.8. The van der Waals surface area contributed by atoms with Crippen LogP contribution >= 0.6 is 34.2 Å². The average molecular weight is 487 g/mol. The zero-order valence-corrected chi connectivity index (χ0v) is 16.8. The molecule has 2 amide bonds. The van der Waals surface area contributed by atoms with E-state index in [2.05, 4.69) is 27.9 Å². The van der Waals surface area contributed by atoms with Crippen LogP contribution in [-0.4, -0.2) is 35.8 Å². The lowest BCUT2D eigenvalue weighted by Crippen LogP contribution is -2.46. The van der Waals surface area contributed by atoms with Gasteiger partial charge in [0.2, 0.25) is 0 Å². The molecule has 0 atom stereocenters. The molecule has 4 nitrogen and oxygen atoms in total. The lowest BCUT2D eigenvalue weighted by atomic mass is 10.0. The summed E-state index contributed by atoms with van der Waals surface area (Å²) in [6.07, 6.45) is 1.37. The molecule has 0 aromatic heterocycles. The zero-order chi connectivity index (χ0) is 18.7. The molecule has 0 bridgehead atoms. The van der Waals surface area contributed by atoms with Crippen molar-refractivity contribution in [3.8, 4) is 0 Å². The number of amides is 2. The third kappa shape index (κ3) is 4.54. The van der Waals surface area contributed by atoms with E-state index < -0.39 is 0 Å². The maximum Gasteiger partial charge on any atom is 0.254 e. The molecule has 1 saturated heterocycles. The Kier molecular flexibility index (Phi) is 6.13. The van der Waals surface area contributed by atoms with Crippen LogP contribution in [-0.2, 0) is 0 Å². The van der Waals surface area contributed by atoms with Gasteiger partial charge in [0.05, 0.1) is 5.56 Å². The van der Waals surface area contributed by atoms with E-state index in [-0.39, 0.29) is 23.7 Å². The first-order chi connectivity index (χ1) is 12.4. The highest BCUT2D eigenvalue weighted by atomic mass is 127. The molecule has 136 valence electrons. The quantitative estimate of drug-likeness (QED) is 0.664. The van der Waals surface area contributed by atoms with E-state index in [1.54, 1.807) is 23.1 Å². The summed E-state index contributed by atoms with van der Waals surface area (Å²) in [6, 6.07) is 10.7. The minimum atomic E-state index is -0.370. The van der Waals surface area contributed by atoms with Gasteiger partial charge >= 0.3 is 0 Å². The molecule has 1 fully saturated rings. The first kappa shape index (κ1) is 19.1. The highest BCUT2D eigenvalue weighted by Gasteiger charge is 2.25. The summed E-state index contributed by atoms with van der Waals surface area (Å²) in [7, 11) is 0. The van der Waals surface area contributed by atoms with Crippen molar-refractivity contribution in [1.29, 1.82) is 0 Å². The van der Waals surface area contributed by atoms with Crippen LogP contribution in [0.2, 0.25) is 5.02 Å². The van der Waals surface area contributed by atoms with Crippen LogP contribution < -0.4 is 5.32 Å². The highest BCUT2D eigenvalue weighted by molar-refractivity contribution is 14.1. The van der Waals surface area contributed by atoms with Gasteiger partial charge in [-0.25, -0.2) is 4.39 Å². The number of nitrogens with one attached hydrogen (secondary N) is 1. The number of hydrogen-bond acceptors (Lipinski definition) is 2. The van der Waals surface area contributed by atoms with E-state index in [0.717, 1.165) is 3.57 Å². The van der Waals surface area contributed by atoms with E-state index in [9.17, 15) is 14.0 Å². The van der Waals surface area contributed by atoms with Gasteiger partial charge in [-0.1, -0.05) is 11.6 Å². The van der Waals surface area contributed by atoms with Crippen molar-refractivity contribution in [2.24, 2.45) is 0 Å². The summed E-state index contributed by atoms with van der Waals surface area (Å²) < 4.78 is 13.8. The third-order valence-corrected chi connectivity index (χ3v) is 5.51. The fourth-order valence-electron chi connectivity index (χ4n) is 2.93. The predicted octanol–water partition coefficient (Wildman–Crippen LogP) is 4.12. The standard InChI is InChI=1S/C19H17ClFIN2O2/c20-13-3-6-16(17(22)11-13)19(26)24-9-7-15(8-10-24)23-18(25)12-1-4-14(21)5-2-12/h1-6,11,15H,7-10H2,(H,23,25). The number of hydrogen-bond donors (Lipinski definition) is 1. The van der Waals surface area contributed by atoms with Crippen LogP contribution in [0.1, 0.15) is 33.6 Å². The third-order valence-electron chi connectivity index (χ3n) is 4.39. The largest absolute Gasteiger partial charge is 0.349 e. The number of nitrogens with zero attached hydrogens (tertiary/aromatic N) is 1. The van der Waals surface area contributed by atoms with E-state index in [4.69, 9.17) is 11.6 Å². The highest BCUT2D eigenvalue weighted by Crippen LogP contribution is 2.21. The monoisotopic (exact) mass is 486 g/mol. The molecule has 7 heteroatoms. The van der Waals surface area contributed by atoms with E-state index in [0.29, 0.717) is 42.1 Å². The molecule has 2 aromatic carbocycles. The number of carbonyl (C=O) groups excluding carboxylic acids is 2. The molecule has 26 heavy (non-hydrogen) atoms. The Bertz CT molecular complexity index is 821. The number of piperidine rings is 1. The number of carbonyl (C=O) groups is 2. The van der Waals surface area contributed by atoms with Crippen LogP contribution in [0.5, 0.6) is 0 Å². The first-order valence-corrected chi connectivity index (χ1v) is 9.70. The Morgan fingerprint density at radius 2 is 1.77 bits per heavy atom. The number of halogens is 3. The minimum Gasteiger partial charge on any atom is -0.349 e. The normalized spacial score (nSPS) is 15.0. The maximum atomic E-state index is 12.9. The van der Waals surface area contributed by atoms with Gasteiger partial charge in [-0.3, -0.25) is 9.59 Å². The second-order valence-electron chi connectivity index (χ2n) is 6.17. The van der Waals surface area contributed by atoms with Crippen molar-refractivity contribution < 1.29 is 14.0 Å². The second-order valence-corrected chi connectivity index (χ2v) is 7.77. The van der Waals surface area contributed by atoms with Crippen molar-refractivity contribution in [1.82, 2.24) is 10.2 Å². The molecule has 3 rings (SSSR count). The topological polar surface area (TPSA) is 49.4 Å². The van der Waals surface area contributed by atoms with Gasteiger partial charge in [0, 0.05) is 33.3 Å². The summed E-state index contributed by atoms with van der Waals surface area (Å²) in [4.78, 5) is 26.7. The Hall–Kier alpha value is -1.67. The fourth-order valence-corrected chi connectivity index (χ4v) is 4.03. The van der Waals surface area contributed by atoms with Gasteiger partial charge in [0.25, 0.3) is 11.8 Å². The average Bonchev–Trinajstić information content (AvgIpc) is 2.62. The molecule has 0 aliphatic carbocycles. The van der Waals surface area contributed by atoms with Gasteiger partial charge in [0.1, 0.15) is 5.82 Å². The number of rotatable bonds is 3. The van der Waals surface area contributed by atoms with Crippen molar-refractivity contribution in [3.05, 3.63) is 68.0 Å². The molecule has 0 unspecified atom stereocenters. The van der Waals surface area contributed by atoms with Crippen LogP contribution in [0, 0.1) is 9.39 Å².